The minimum absolute atomic E-state index is 0.0961. The summed E-state index contributed by atoms with van der Waals surface area (Å²) in [5, 5.41) is 15.8. The highest BCUT2D eigenvalue weighted by Gasteiger charge is 2.16. The molecule has 0 saturated heterocycles. The molecule has 0 unspecified atom stereocenters. The molecule has 2 rings (SSSR count). The molecule has 0 radical (unpaired) electrons. The van der Waals surface area contributed by atoms with Crippen molar-refractivity contribution >= 4 is 33.4 Å². The molecule has 2 amide bonds. The summed E-state index contributed by atoms with van der Waals surface area (Å²) >= 11 is 3.04. The molecule has 0 saturated carbocycles. The van der Waals surface area contributed by atoms with Crippen molar-refractivity contribution in [2.45, 2.75) is 6.54 Å². The first-order chi connectivity index (χ1) is 11.0. The molecule has 0 spiro atoms. The van der Waals surface area contributed by atoms with Crippen LogP contribution >= 0.6 is 15.9 Å². The van der Waals surface area contributed by atoms with Crippen molar-refractivity contribution in [2.75, 3.05) is 6.54 Å². The van der Waals surface area contributed by atoms with Crippen molar-refractivity contribution in [1.29, 1.82) is 0 Å². The number of carbonyl (C=O) groups excluding carboxylic acids is 2. The van der Waals surface area contributed by atoms with Gasteiger partial charge in [0.15, 0.2) is 0 Å². The van der Waals surface area contributed by atoms with Gasteiger partial charge in [-0.1, -0.05) is 0 Å². The zero-order chi connectivity index (χ0) is 16.8. The Morgan fingerprint density at radius 2 is 2.04 bits per heavy atom. The second-order valence-corrected chi connectivity index (χ2v) is 5.32. The van der Waals surface area contributed by atoms with Crippen LogP contribution in [0.2, 0.25) is 0 Å². The van der Waals surface area contributed by atoms with Gasteiger partial charge in [-0.2, -0.15) is 0 Å². The number of benzene rings is 1. The molecule has 0 aliphatic rings. The number of furan rings is 1. The highest BCUT2D eigenvalue weighted by Crippen LogP contribution is 2.25. The van der Waals surface area contributed by atoms with Gasteiger partial charge in [-0.05, 0) is 40.2 Å². The highest BCUT2D eigenvalue weighted by molar-refractivity contribution is 9.10. The Morgan fingerprint density at radius 1 is 1.26 bits per heavy atom. The summed E-state index contributed by atoms with van der Waals surface area (Å²) in [7, 11) is 0. The molecule has 0 fully saturated rings. The number of hydrogen-bond acceptors (Lipinski definition) is 5. The molecule has 120 valence electrons. The van der Waals surface area contributed by atoms with E-state index in [1.165, 1.54) is 18.4 Å². The Morgan fingerprint density at radius 3 is 2.70 bits per heavy atom. The summed E-state index contributed by atoms with van der Waals surface area (Å²) in [4.78, 5) is 33.8. The van der Waals surface area contributed by atoms with Crippen LogP contribution in [-0.2, 0) is 11.3 Å². The van der Waals surface area contributed by atoms with E-state index in [0.29, 0.717) is 5.76 Å². The van der Waals surface area contributed by atoms with Crippen LogP contribution in [0, 0.1) is 10.1 Å². The summed E-state index contributed by atoms with van der Waals surface area (Å²) in [6.45, 7) is -0.0329. The van der Waals surface area contributed by atoms with Crippen LogP contribution in [0.5, 0.6) is 0 Å². The maximum atomic E-state index is 11.9. The molecule has 9 heteroatoms. The SMILES string of the molecule is O=C(CNC(=O)c1ccc(Br)c([N+](=O)[O-])c1)NCc1ccco1. The number of nitrogens with zero attached hydrogens (tertiary/aromatic N) is 1. The average Bonchev–Trinajstić information content (AvgIpc) is 3.04. The summed E-state index contributed by atoms with van der Waals surface area (Å²) in [6.07, 6.45) is 1.49. The first kappa shape index (κ1) is 16.7. The molecular formula is C14H12BrN3O5. The Bertz CT molecular complexity index is 730. The number of nitrogens with one attached hydrogen (secondary N) is 2. The number of amides is 2. The van der Waals surface area contributed by atoms with Crippen molar-refractivity contribution in [3.05, 3.63) is 62.5 Å². The lowest BCUT2D eigenvalue weighted by atomic mass is 10.2. The second kappa shape index (κ2) is 7.54. The third-order valence-electron chi connectivity index (χ3n) is 2.85. The lowest BCUT2D eigenvalue weighted by Gasteiger charge is -2.06. The lowest BCUT2D eigenvalue weighted by Crippen LogP contribution is -2.36. The van der Waals surface area contributed by atoms with Gasteiger partial charge in [0.1, 0.15) is 5.76 Å². The largest absolute Gasteiger partial charge is 0.467 e. The minimum Gasteiger partial charge on any atom is -0.467 e. The highest BCUT2D eigenvalue weighted by atomic mass is 79.9. The van der Waals surface area contributed by atoms with Crippen LogP contribution in [0.4, 0.5) is 5.69 Å². The molecule has 0 aliphatic carbocycles. The number of halogens is 1. The Balaban J connectivity index is 1.88. The van der Waals surface area contributed by atoms with E-state index in [9.17, 15) is 19.7 Å². The molecular weight excluding hydrogens is 370 g/mol. The standard InChI is InChI=1S/C14H12BrN3O5/c15-11-4-3-9(6-12(11)18(21)22)14(20)17-8-13(19)16-7-10-2-1-5-23-10/h1-6H,7-8H2,(H,16,19)(H,17,20). The van der Waals surface area contributed by atoms with Gasteiger partial charge in [0.2, 0.25) is 5.91 Å². The summed E-state index contributed by atoms with van der Waals surface area (Å²) < 4.78 is 5.33. The monoisotopic (exact) mass is 381 g/mol. The zero-order valence-corrected chi connectivity index (χ0v) is 13.3. The van der Waals surface area contributed by atoms with Crippen LogP contribution in [0.15, 0.2) is 45.5 Å². The smallest absolute Gasteiger partial charge is 0.284 e. The third kappa shape index (κ3) is 4.65. The van der Waals surface area contributed by atoms with Gasteiger partial charge in [0, 0.05) is 11.6 Å². The maximum Gasteiger partial charge on any atom is 0.284 e. The second-order valence-electron chi connectivity index (χ2n) is 4.46. The molecule has 1 aromatic carbocycles. The topological polar surface area (TPSA) is 114 Å². The van der Waals surface area contributed by atoms with Crippen molar-refractivity contribution in [3.63, 3.8) is 0 Å². The predicted molar refractivity (Wildman–Crippen MR) is 83.7 cm³/mol. The van der Waals surface area contributed by atoms with E-state index in [1.807, 2.05) is 0 Å². The molecule has 23 heavy (non-hydrogen) atoms. The van der Waals surface area contributed by atoms with Crippen LogP contribution in [0.1, 0.15) is 16.1 Å². The number of carbonyl (C=O) groups is 2. The lowest BCUT2D eigenvalue weighted by molar-refractivity contribution is -0.385. The molecule has 0 aliphatic heterocycles. The summed E-state index contributed by atoms with van der Waals surface area (Å²) in [5.74, 6) is -0.386. The Kier molecular flexibility index (Phi) is 5.47. The quantitative estimate of drug-likeness (QED) is 0.586. The first-order valence-electron chi connectivity index (χ1n) is 6.48. The number of hydrogen-bond donors (Lipinski definition) is 2. The van der Waals surface area contributed by atoms with Gasteiger partial charge < -0.3 is 15.1 Å². The third-order valence-corrected chi connectivity index (χ3v) is 3.52. The number of rotatable bonds is 6. The van der Waals surface area contributed by atoms with E-state index >= 15 is 0 Å². The summed E-state index contributed by atoms with van der Waals surface area (Å²) in [6, 6.07) is 7.38. The van der Waals surface area contributed by atoms with Crippen molar-refractivity contribution in [1.82, 2.24) is 10.6 Å². The van der Waals surface area contributed by atoms with Gasteiger partial charge >= 0.3 is 0 Å². The van der Waals surface area contributed by atoms with Gasteiger partial charge in [-0.15, -0.1) is 0 Å². The van der Waals surface area contributed by atoms with Crippen LogP contribution in [0.25, 0.3) is 0 Å². The average molecular weight is 382 g/mol. The van der Waals surface area contributed by atoms with Crippen LogP contribution < -0.4 is 10.6 Å². The van der Waals surface area contributed by atoms with E-state index in [0.717, 1.165) is 6.07 Å². The number of nitro groups is 1. The summed E-state index contributed by atoms with van der Waals surface area (Å²) in [5.41, 5.74) is -0.126. The van der Waals surface area contributed by atoms with Gasteiger partial charge in [-0.3, -0.25) is 19.7 Å². The molecule has 2 aromatic rings. The molecule has 8 nitrogen and oxygen atoms in total. The van der Waals surface area contributed by atoms with E-state index in [-0.39, 0.29) is 28.8 Å². The zero-order valence-electron chi connectivity index (χ0n) is 11.7. The Labute approximate surface area is 139 Å². The van der Waals surface area contributed by atoms with Crippen molar-refractivity contribution < 1.29 is 18.9 Å². The molecule has 1 aromatic heterocycles. The van der Waals surface area contributed by atoms with Gasteiger partial charge in [0.25, 0.3) is 11.6 Å². The van der Waals surface area contributed by atoms with Gasteiger partial charge in [-0.25, -0.2) is 0 Å². The fraction of sp³-hybridized carbons (Fsp3) is 0.143. The molecule has 0 bridgehead atoms. The predicted octanol–water partition coefficient (Wildman–Crippen LogP) is 2.00. The van der Waals surface area contributed by atoms with E-state index < -0.39 is 16.7 Å². The maximum absolute atomic E-state index is 11.9. The molecule has 1 heterocycles. The first-order valence-corrected chi connectivity index (χ1v) is 7.28. The van der Waals surface area contributed by atoms with E-state index in [1.54, 1.807) is 12.1 Å². The van der Waals surface area contributed by atoms with Crippen LogP contribution in [-0.4, -0.2) is 23.3 Å². The minimum atomic E-state index is -0.600. The number of nitro benzene ring substituents is 1. The van der Waals surface area contributed by atoms with Crippen LogP contribution in [0.3, 0.4) is 0 Å². The fourth-order valence-corrected chi connectivity index (χ4v) is 2.11. The Hall–Kier alpha value is -2.68. The fourth-order valence-electron chi connectivity index (χ4n) is 1.72. The molecule has 0 atom stereocenters. The van der Waals surface area contributed by atoms with E-state index in [4.69, 9.17) is 4.42 Å². The van der Waals surface area contributed by atoms with Gasteiger partial charge in [0.05, 0.1) is 28.7 Å². The normalized spacial score (nSPS) is 10.1. The van der Waals surface area contributed by atoms with E-state index in [2.05, 4.69) is 26.6 Å². The molecule has 2 N–H and O–H groups in total. The van der Waals surface area contributed by atoms with Crippen molar-refractivity contribution in [2.24, 2.45) is 0 Å². The van der Waals surface area contributed by atoms with Crippen molar-refractivity contribution in [3.8, 4) is 0 Å².